The first-order valence-electron chi connectivity index (χ1n) is 14.9. The van der Waals surface area contributed by atoms with Gasteiger partial charge >= 0.3 is 0 Å². The minimum absolute atomic E-state index is 0.898. The van der Waals surface area contributed by atoms with Gasteiger partial charge in [0.1, 0.15) is 0 Å². The molecule has 6 rings (SSSR count). The Morgan fingerprint density at radius 3 is 2.22 bits per heavy atom. The number of benzene rings is 3. The highest BCUT2D eigenvalue weighted by molar-refractivity contribution is 7.83. The molecule has 1 unspecified atom stereocenters. The summed E-state index contributed by atoms with van der Waals surface area (Å²) in [6, 6.07) is 23.4. The average Bonchev–Trinajstić information content (AvgIpc) is 3.00. The molecule has 0 saturated carbocycles. The van der Waals surface area contributed by atoms with Crippen molar-refractivity contribution in [1.82, 2.24) is 4.90 Å². The molecule has 3 aromatic carbocycles. The van der Waals surface area contributed by atoms with Crippen LogP contribution >= 0.6 is 7.14 Å². The second-order valence-corrected chi connectivity index (χ2v) is 14.2. The van der Waals surface area contributed by atoms with Gasteiger partial charge in [0, 0.05) is 46.9 Å². The van der Waals surface area contributed by atoms with Crippen molar-refractivity contribution in [2.45, 2.75) is 27.7 Å². The number of piperazine rings is 1. The zero-order valence-corrected chi connectivity index (χ0v) is 25.9. The molecule has 4 nitrogen and oxygen atoms in total. The third kappa shape index (κ3) is 4.68. The van der Waals surface area contributed by atoms with E-state index in [2.05, 4.69) is 116 Å². The molecule has 210 valence electrons. The molecule has 3 aromatic rings. The van der Waals surface area contributed by atoms with Crippen molar-refractivity contribution in [3.05, 3.63) is 118 Å². The van der Waals surface area contributed by atoms with Crippen molar-refractivity contribution in [2.24, 2.45) is 0 Å². The zero-order chi connectivity index (χ0) is 28.7. The maximum absolute atomic E-state index is 16.0. The summed E-state index contributed by atoms with van der Waals surface area (Å²) < 4.78 is 18.5. The number of likely N-dealkylation sites (N-methyl/N-ethyl adjacent to an activating group) is 1. The molecule has 2 heterocycles. The summed E-state index contributed by atoms with van der Waals surface area (Å²) in [5.41, 5.74) is 9.40. The predicted octanol–water partition coefficient (Wildman–Crippen LogP) is 6.13. The van der Waals surface area contributed by atoms with Crippen molar-refractivity contribution in [3.63, 3.8) is 0 Å². The van der Waals surface area contributed by atoms with E-state index in [1.165, 1.54) is 22.3 Å². The standard InChI is InChI=1S/C36H41N3OP/c1-6-38(7-2)28-16-18-31-33(24-28)41(40,30-14-9-8-10-15-30)34-25-29(39-22-20-37(5)21-23-39)17-19-32(34)36(31)35-26(3)12-11-13-27(35)4/h8-19,24-25H,6-7,20-23H2,1-5H3/q+1. The molecule has 0 N–H and O–H groups in total. The van der Waals surface area contributed by atoms with Crippen LogP contribution in [0.25, 0.3) is 5.57 Å². The molecule has 1 atom stereocenters. The van der Waals surface area contributed by atoms with Crippen LogP contribution in [0.15, 0.2) is 95.8 Å². The Kier molecular flexibility index (Phi) is 7.49. The van der Waals surface area contributed by atoms with Crippen LogP contribution in [0.2, 0.25) is 0 Å². The van der Waals surface area contributed by atoms with Crippen LogP contribution in [-0.4, -0.2) is 61.5 Å². The van der Waals surface area contributed by atoms with Gasteiger partial charge in [0.25, 0.3) is 0 Å². The van der Waals surface area contributed by atoms with E-state index < -0.39 is 7.14 Å². The molecule has 1 saturated heterocycles. The Bertz CT molecular complexity index is 1640. The largest absolute Gasteiger partial charge is 0.372 e. The van der Waals surface area contributed by atoms with E-state index in [4.69, 9.17) is 0 Å². The smallest absolute Gasteiger partial charge is 0.200 e. The average molecular weight is 563 g/mol. The van der Waals surface area contributed by atoms with Gasteiger partial charge in [-0.15, -0.1) is 0 Å². The molecule has 0 spiro atoms. The summed E-state index contributed by atoms with van der Waals surface area (Å²) >= 11 is 0. The number of hydrogen-bond donors (Lipinski definition) is 0. The molecule has 41 heavy (non-hydrogen) atoms. The van der Waals surface area contributed by atoms with Crippen molar-refractivity contribution in [1.29, 1.82) is 0 Å². The summed E-state index contributed by atoms with van der Waals surface area (Å²) in [4.78, 5) is 4.73. The number of allylic oxidation sites excluding steroid dienone is 5. The second-order valence-electron chi connectivity index (χ2n) is 11.5. The van der Waals surface area contributed by atoms with Crippen LogP contribution in [0.4, 0.5) is 5.69 Å². The molecule has 2 aliphatic heterocycles. The fraction of sp³-hybridized carbons (Fsp3) is 0.306. The number of nitrogens with zero attached hydrogens (tertiary/aromatic N) is 3. The normalized spacial score (nSPS) is 20.6. The molecule has 5 heteroatoms. The summed E-state index contributed by atoms with van der Waals surface area (Å²) in [7, 11) is -1.01. The van der Waals surface area contributed by atoms with Crippen LogP contribution in [0, 0.1) is 13.8 Å². The first-order valence-corrected chi connectivity index (χ1v) is 16.6. The minimum Gasteiger partial charge on any atom is -0.372 e. The van der Waals surface area contributed by atoms with Gasteiger partial charge in [0.05, 0.1) is 13.1 Å². The molecule has 1 aliphatic carbocycles. The topological polar surface area (TPSA) is 26.6 Å². The van der Waals surface area contributed by atoms with E-state index in [1.807, 2.05) is 18.2 Å². The van der Waals surface area contributed by atoms with E-state index in [0.717, 1.165) is 77.7 Å². The summed E-state index contributed by atoms with van der Waals surface area (Å²) in [6.45, 7) is 14.6. The van der Waals surface area contributed by atoms with E-state index >= 15 is 4.57 Å². The molecule has 0 amide bonds. The van der Waals surface area contributed by atoms with E-state index in [1.54, 1.807) is 0 Å². The number of fused-ring (bicyclic) bond motifs is 2. The Balaban J connectivity index is 1.71. The number of hydrogen-bond acceptors (Lipinski definition) is 3. The lowest BCUT2D eigenvalue weighted by atomic mass is 9.85. The molecular weight excluding hydrogens is 521 g/mol. The first kappa shape index (κ1) is 27.7. The molecule has 0 aromatic heterocycles. The SMILES string of the molecule is CCN(CC)c1ccc2c(c1)P(=O)(c1ccccc1)C1=CC(=[N+]3CCN(C)CC3)C=CC1=C2c1c(C)cccc1C. The minimum atomic E-state index is -3.20. The maximum Gasteiger partial charge on any atom is 0.200 e. The molecule has 3 aliphatic rings. The summed E-state index contributed by atoms with van der Waals surface area (Å²) in [6.07, 6.45) is 6.76. The van der Waals surface area contributed by atoms with Gasteiger partial charge in [-0.25, -0.2) is 4.58 Å². The highest BCUT2D eigenvalue weighted by Crippen LogP contribution is 2.62. The van der Waals surface area contributed by atoms with Gasteiger partial charge in [-0.05, 0) is 86.4 Å². The number of anilines is 1. The molecule has 1 fully saturated rings. The van der Waals surface area contributed by atoms with Gasteiger partial charge in [0.2, 0.25) is 5.71 Å². The van der Waals surface area contributed by atoms with Crippen LogP contribution in [-0.2, 0) is 4.57 Å². The van der Waals surface area contributed by atoms with Gasteiger partial charge in [-0.1, -0.05) is 54.6 Å². The van der Waals surface area contributed by atoms with Crippen molar-refractivity contribution < 1.29 is 9.14 Å². The number of aryl methyl sites for hydroxylation is 2. The van der Waals surface area contributed by atoms with Gasteiger partial charge < -0.3 is 9.46 Å². The van der Waals surface area contributed by atoms with Crippen LogP contribution < -0.4 is 15.5 Å². The Morgan fingerprint density at radius 2 is 1.56 bits per heavy atom. The summed E-state index contributed by atoms with van der Waals surface area (Å²) in [5.74, 6) is 0. The fourth-order valence-corrected chi connectivity index (χ4v) is 9.79. The third-order valence-corrected chi connectivity index (χ3v) is 12.2. The summed E-state index contributed by atoms with van der Waals surface area (Å²) in [5, 5.41) is 2.81. The first-order chi connectivity index (χ1) is 19.9. The monoisotopic (exact) mass is 562 g/mol. The van der Waals surface area contributed by atoms with Crippen LogP contribution in [0.5, 0.6) is 0 Å². The lowest BCUT2D eigenvalue weighted by Crippen LogP contribution is -2.41. The van der Waals surface area contributed by atoms with E-state index in [9.17, 15) is 0 Å². The zero-order valence-electron chi connectivity index (χ0n) is 25.0. The lowest BCUT2D eigenvalue weighted by Gasteiger charge is -2.35. The lowest BCUT2D eigenvalue weighted by molar-refractivity contribution is -0.537. The van der Waals surface area contributed by atoms with E-state index in [-0.39, 0.29) is 0 Å². The van der Waals surface area contributed by atoms with Crippen molar-refractivity contribution >= 4 is 34.7 Å². The fourth-order valence-electron chi connectivity index (χ4n) is 6.70. The van der Waals surface area contributed by atoms with Crippen LogP contribution in [0.1, 0.15) is 36.1 Å². The highest BCUT2D eigenvalue weighted by Gasteiger charge is 2.43. The quantitative estimate of drug-likeness (QED) is 0.277. The second kappa shape index (κ2) is 11.1. The van der Waals surface area contributed by atoms with Crippen LogP contribution in [0.3, 0.4) is 0 Å². The number of rotatable bonds is 5. The van der Waals surface area contributed by atoms with Crippen molar-refractivity contribution in [2.75, 3.05) is 51.2 Å². The Morgan fingerprint density at radius 1 is 0.878 bits per heavy atom. The Labute approximate surface area is 245 Å². The molecular formula is C36H41N3OP+. The molecule has 0 radical (unpaired) electrons. The van der Waals surface area contributed by atoms with Crippen molar-refractivity contribution in [3.8, 4) is 0 Å². The van der Waals surface area contributed by atoms with E-state index in [0.29, 0.717) is 0 Å². The maximum atomic E-state index is 16.0. The molecule has 0 bridgehead atoms. The Hall–Kier alpha value is -3.46. The predicted molar refractivity (Wildman–Crippen MR) is 175 cm³/mol. The third-order valence-electron chi connectivity index (χ3n) is 9.03. The van der Waals surface area contributed by atoms with Gasteiger partial charge in [-0.2, -0.15) is 0 Å². The van der Waals surface area contributed by atoms with Gasteiger partial charge in [0.15, 0.2) is 20.2 Å². The van der Waals surface area contributed by atoms with Gasteiger partial charge in [-0.3, -0.25) is 4.90 Å². The highest BCUT2D eigenvalue weighted by atomic mass is 31.2.